The first kappa shape index (κ1) is 18.1. The molecule has 2 heterocycles. The molecule has 1 N–H and O–H groups in total. The SMILES string of the molecule is Clc1ccc(Cn2cc(CNCc3ccccn3)c3ccccc32)cc1Cl. The summed E-state index contributed by atoms with van der Waals surface area (Å²) in [6.07, 6.45) is 4.03. The van der Waals surface area contributed by atoms with Gasteiger partial charge in [0, 0.05) is 42.9 Å². The van der Waals surface area contributed by atoms with Gasteiger partial charge in [-0.2, -0.15) is 0 Å². The van der Waals surface area contributed by atoms with Gasteiger partial charge in [0.15, 0.2) is 0 Å². The lowest BCUT2D eigenvalue weighted by Crippen LogP contribution is -2.13. The number of halogens is 2. The zero-order valence-electron chi connectivity index (χ0n) is 14.7. The van der Waals surface area contributed by atoms with E-state index in [0.717, 1.165) is 30.9 Å². The molecule has 3 nitrogen and oxygen atoms in total. The Bertz CT molecular complexity index is 1060. The van der Waals surface area contributed by atoms with E-state index < -0.39 is 0 Å². The summed E-state index contributed by atoms with van der Waals surface area (Å²) >= 11 is 12.2. The van der Waals surface area contributed by atoms with E-state index in [1.165, 1.54) is 16.5 Å². The first-order valence-electron chi connectivity index (χ1n) is 8.82. The number of para-hydroxylation sites is 1. The Balaban J connectivity index is 1.56. The van der Waals surface area contributed by atoms with Crippen LogP contribution >= 0.6 is 23.2 Å². The molecule has 0 unspecified atom stereocenters. The molecule has 27 heavy (non-hydrogen) atoms. The molecule has 0 bridgehead atoms. The van der Waals surface area contributed by atoms with Gasteiger partial charge in [0.25, 0.3) is 0 Å². The molecule has 2 aromatic heterocycles. The third kappa shape index (κ3) is 4.16. The van der Waals surface area contributed by atoms with E-state index in [1.54, 1.807) is 0 Å². The average Bonchev–Trinajstić information content (AvgIpc) is 3.03. The van der Waals surface area contributed by atoms with E-state index in [2.05, 4.69) is 45.3 Å². The molecule has 5 heteroatoms. The van der Waals surface area contributed by atoms with Gasteiger partial charge in [-0.25, -0.2) is 0 Å². The van der Waals surface area contributed by atoms with E-state index in [1.807, 2.05) is 42.6 Å². The van der Waals surface area contributed by atoms with Crippen molar-refractivity contribution in [1.82, 2.24) is 14.9 Å². The van der Waals surface area contributed by atoms with E-state index >= 15 is 0 Å². The van der Waals surface area contributed by atoms with Gasteiger partial charge in [-0.1, -0.05) is 53.5 Å². The van der Waals surface area contributed by atoms with E-state index in [9.17, 15) is 0 Å². The van der Waals surface area contributed by atoms with Gasteiger partial charge in [-0.3, -0.25) is 4.98 Å². The number of nitrogens with zero attached hydrogens (tertiary/aromatic N) is 2. The van der Waals surface area contributed by atoms with Gasteiger partial charge in [-0.15, -0.1) is 0 Å². The lowest BCUT2D eigenvalue weighted by atomic mass is 10.2. The lowest BCUT2D eigenvalue weighted by molar-refractivity contribution is 0.679. The van der Waals surface area contributed by atoms with Crippen LogP contribution in [0.5, 0.6) is 0 Å². The summed E-state index contributed by atoms with van der Waals surface area (Å²) in [6.45, 7) is 2.27. The molecule has 0 aliphatic carbocycles. The molecular weight excluding hydrogens is 377 g/mol. The van der Waals surface area contributed by atoms with Crippen LogP contribution in [0.15, 0.2) is 73.1 Å². The number of hydrogen-bond acceptors (Lipinski definition) is 2. The maximum atomic E-state index is 6.17. The van der Waals surface area contributed by atoms with Crippen molar-refractivity contribution < 1.29 is 0 Å². The Morgan fingerprint density at radius 2 is 1.74 bits per heavy atom. The number of aromatic nitrogens is 2. The van der Waals surface area contributed by atoms with Crippen LogP contribution in [0.3, 0.4) is 0 Å². The Morgan fingerprint density at radius 3 is 2.56 bits per heavy atom. The second kappa shape index (κ2) is 8.13. The molecule has 4 aromatic rings. The maximum absolute atomic E-state index is 6.17. The van der Waals surface area contributed by atoms with Crippen molar-refractivity contribution >= 4 is 34.1 Å². The molecule has 2 aromatic carbocycles. The van der Waals surface area contributed by atoms with Crippen molar-refractivity contribution in [2.45, 2.75) is 19.6 Å². The second-order valence-corrected chi connectivity index (χ2v) is 7.29. The van der Waals surface area contributed by atoms with Crippen molar-refractivity contribution in [3.05, 3.63) is 99.9 Å². The molecule has 0 atom stereocenters. The first-order chi connectivity index (χ1) is 13.2. The molecule has 0 spiro atoms. The van der Waals surface area contributed by atoms with Crippen LogP contribution in [0.1, 0.15) is 16.8 Å². The third-order valence-electron chi connectivity index (χ3n) is 4.56. The number of hydrogen-bond donors (Lipinski definition) is 1. The smallest absolute Gasteiger partial charge is 0.0595 e. The Morgan fingerprint density at radius 1 is 0.889 bits per heavy atom. The monoisotopic (exact) mass is 395 g/mol. The molecule has 136 valence electrons. The largest absolute Gasteiger partial charge is 0.343 e. The third-order valence-corrected chi connectivity index (χ3v) is 5.29. The Hall–Kier alpha value is -2.33. The minimum atomic E-state index is 0.581. The quantitative estimate of drug-likeness (QED) is 0.454. The van der Waals surface area contributed by atoms with Gasteiger partial charge < -0.3 is 9.88 Å². The number of benzene rings is 2. The standard InChI is InChI=1S/C22H19Cl2N3/c23-20-9-8-16(11-21(20)24)14-27-15-17(19-6-1-2-7-22(19)27)12-25-13-18-5-3-4-10-26-18/h1-11,15,25H,12-14H2. The van der Waals surface area contributed by atoms with Crippen LogP contribution in [0.4, 0.5) is 0 Å². The molecule has 0 radical (unpaired) electrons. The molecule has 4 rings (SSSR count). The predicted octanol–water partition coefficient (Wildman–Crippen LogP) is 5.68. The van der Waals surface area contributed by atoms with E-state index in [4.69, 9.17) is 23.2 Å². The summed E-state index contributed by atoms with van der Waals surface area (Å²) < 4.78 is 2.26. The zero-order chi connectivity index (χ0) is 18.6. The highest BCUT2D eigenvalue weighted by atomic mass is 35.5. The number of nitrogens with one attached hydrogen (secondary N) is 1. The minimum Gasteiger partial charge on any atom is -0.343 e. The molecule has 0 fully saturated rings. The molecule has 0 aliphatic rings. The summed E-state index contributed by atoms with van der Waals surface area (Å²) in [4.78, 5) is 4.36. The summed E-state index contributed by atoms with van der Waals surface area (Å²) in [5, 5.41) is 5.91. The van der Waals surface area contributed by atoms with E-state index in [-0.39, 0.29) is 0 Å². The maximum Gasteiger partial charge on any atom is 0.0595 e. The van der Waals surface area contributed by atoms with Crippen molar-refractivity contribution in [2.24, 2.45) is 0 Å². The number of rotatable bonds is 6. The average molecular weight is 396 g/mol. The van der Waals surface area contributed by atoms with Crippen molar-refractivity contribution in [3.63, 3.8) is 0 Å². The number of fused-ring (bicyclic) bond motifs is 1. The molecule has 0 aliphatic heterocycles. The lowest BCUT2D eigenvalue weighted by Gasteiger charge is -2.07. The number of pyridine rings is 1. The molecular formula is C22H19Cl2N3. The fraction of sp³-hybridized carbons (Fsp3) is 0.136. The molecule has 0 saturated heterocycles. The van der Waals surface area contributed by atoms with Crippen molar-refractivity contribution in [1.29, 1.82) is 0 Å². The van der Waals surface area contributed by atoms with Crippen molar-refractivity contribution in [2.75, 3.05) is 0 Å². The minimum absolute atomic E-state index is 0.581. The highest BCUT2D eigenvalue weighted by Crippen LogP contribution is 2.26. The van der Waals surface area contributed by atoms with Crippen LogP contribution in [0, 0.1) is 0 Å². The van der Waals surface area contributed by atoms with Crippen LogP contribution in [0.2, 0.25) is 10.0 Å². The summed E-state index contributed by atoms with van der Waals surface area (Å²) in [6, 6.07) is 20.2. The fourth-order valence-electron chi connectivity index (χ4n) is 3.26. The second-order valence-electron chi connectivity index (χ2n) is 6.47. The predicted molar refractivity (Wildman–Crippen MR) is 112 cm³/mol. The summed E-state index contributed by atoms with van der Waals surface area (Å²) in [5.74, 6) is 0. The summed E-state index contributed by atoms with van der Waals surface area (Å²) in [7, 11) is 0. The van der Waals surface area contributed by atoms with Gasteiger partial charge in [0.1, 0.15) is 0 Å². The topological polar surface area (TPSA) is 29.9 Å². The van der Waals surface area contributed by atoms with Crippen LogP contribution < -0.4 is 5.32 Å². The highest BCUT2D eigenvalue weighted by molar-refractivity contribution is 6.42. The molecule has 0 amide bonds. The van der Waals surface area contributed by atoms with E-state index in [0.29, 0.717) is 10.0 Å². The van der Waals surface area contributed by atoms with Crippen LogP contribution in [-0.4, -0.2) is 9.55 Å². The Kier molecular flexibility index (Phi) is 5.44. The van der Waals surface area contributed by atoms with Crippen LogP contribution in [0.25, 0.3) is 10.9 Å². The van der Waals surface area contributed by atoms with Gasteiger partial charge >= 0.3 is 0 Å². The highest BCUT2D eigenvalue weighted by Gasteiger charge is 2.09. The normalized spacial score (nSPS) is 11.2. The fourth-order valence-corrected chi connectivity index (χ4v) is 3.58. The van der Waals surface area contributed by atoms with Crippen LogP contribution in [-0.2, 0) is 19.6 Å². The van der Waals surface area contributed by atoms with Gasteiger partial charge in [0.05, 0.1) is 15.7 Å². The first-order valence-corrected chi connectivity index (χ1v) is 9.57. The Labute approximate surface area is 168 Å². The van der Waals surface area contributed by atoms with Gasteiger partial charge in [0.2, 0.25) is 0 Å². The molecule has 0 saturated carbocycles. The van der Waals surface area contributed by atoms with Crippen molar-refractivity contribution in [3.8, 4) is 0 Å². The van der Waals surface area contributed by atoms with Gasteiger partial charge in [-0.05, 0) is 41.5 Å². The summed E-state index contributed by atoms with van der Waals surface area (Å²) in [5.41, 5.74) is 4.63. The zero-order valence-corrected chi connectivity index (χ0v) is 16.2.